The number of carbonyl (C=O) groups is 2. The van der Waals surface area contributed by atoms with Crippen LogP contribution in [-0.4, -0.2) is 32.2 Å². The van der Waals surface area contributed by atoms with E-state index in [4.69, 9.17) is 23.2 Å². The highest BCUT2D eigenvalue weighted by Crippen LogP contribution is 2.33. The molecular weight excluding hydrogens is 689 g/mol. The number of nitrogens with one attached hydrogen (secondary N) is 1. The highest BCUT2D eigenvalue weighted by atomic mass is 79.9. The van der Waals surface area contributed by atoms with Gasteiger partial charge in [0.05, 0.1) is 37.3 Å². The summed E-state index contributed by atoms with van der Waals surface area (Å²) >= 11 is 16.2. The van der Waals surface area contributed by atoms with E-state index in [2.05, 4.69) is 25.6 Å². The van der Waals surface area contributed by atoms with Crippen LogP contribution < -0.4 is 4.72 Å². The summed E-state index contributed by atoms with van der Waals surface area (Å²) in [5.41, 5.74) is -1.58. The van der Waals surface area contributed by atoms with E-state index < -0.39 is 40.5 Å². The van der Waals surface area contributed by atoms with E-state index in [1.165, 1.54) is 24.4 Å². The van der Waals surface area contributed by atoms with Crippen molar-refractivity contribution in [2.24, 2.45) is 0 Å². The Hall–Kier alpha value is -3.46. The van der Waals surface area contributed by atoms with Crippen LogP contribution >= 0.6 is 51.1 Å². The molecule has 5 N–H and O–H groups in total. The van der Waals surface area contributed by atoms with Crippen molar-refractivity contribution in [2.75, 3.05) is 4.72 Å². The van der Waals surface area contributed by atoms with Crippen LogP contribution in [0.5, 0.6) is 0 Å². The number of hydrogen-bond donors (Lipinski definition) is 1. The van der Waals surface area contributed by atoms with Crippen molar-refractivity contribution < 1.29 is 38.1 Å². The SMILES string of the molecule is O.O.O=C(c1c(F)ccc(NSc2cc(F)ccc2F)c1F)c1cn(C(=O)c2c(Cl)cccc2Cl)c2ncc(Br)cc12. The lowest BCUT2D eigenvalue weighted by Gasteiger charge is -2.11. The Kier molecular flexibility index (Phi) is 10.4. The minimum absolute atomic E-state index is 0. The normalized spacial score (nSPS) is 10.6. The number of benzene rings is 3. The molecule has 0 saturated heterocycles. The Morgan fingerprint density at radius 3 is 2.26 bits per heavy atom. The highest BCUT2D eigenvalue weighted by molar-refractivity contribution is 9.10. The number of halogens is 7. The Morgan fingerprint density at radius 2 is 1.57 bits per heavy atom. The lowest BCUT2D eigenvalue weighted by atomic mass is 10.0. The lowest BCUT2D eigenvalue weighted by molar-refractivity contribution is 0.0964. The average molecular weight is 705 g/mol. The smallest absolute Gasteiger partial charge is 0.266 e. The van der Waals surface area contributed by atoms with Gasteiger partial charge in [-0.25, -0.2) is 22.5 Å². The fourth-order valence-corrected chi connectivity index (χ4v) is 5.48. The Labute approximate surface area is 257 Å². The van der Waals surface area contributed by atoms with Crippen LogP contribution in [0.3, 0.4) is 0 Å². The number of hydrogen-bond acceptors (Lipinski definition) is 5. The van der Waals surface area contributed by atoms with Crippen molar-refractivity contribution in [1.29, 1.82) is 0 Å². The summed E-state index contributed by atoms with van der Waals surface area (Å²) in [6.07, 6.45) is 2.48. The summed E-state index contributed by atoms with van der Waals surface area (Å²) in [6.45, 7) is 0. The van der Waals surface area contributed by atoms with E-state index in [9.17, 15) is 22.8 Å². The predicted octanol–water partition coefficient (Wildman–Crippen LogP) is 7.05. The Morgan fingerprint density at radius 1 is 0.905 bits per heavy atom. The van der Waals surface area contributed by atoms with Crippen LogP contribution in [-0.2, 0) is 0 Å². The number of pyridine rings is 1. The van der Waals surface area contributed by atoms with E-state index in [-0.39, 0.29) is 53.7 Å². The average Bonchev–Trinajstić information content (AvgIpc) is 3.28. The fraction of sp³-hybridized carbons (Fsp3) is 0. The number of ketones is 1. The second kappa shape index (κ2) is 13.2. The fourth-order valence-electron chi connectivity index (χ4n) is 3.88. The molecule has 0 radical (unpaired) electrons. The second-order valence-electron chi connectivity index (χ2n) is 8.23. The largest absolute Gasteiger partial charge is 0.412 e. The molecule has 0 saturated carbocycles. The molecule has 218 valence electrons. The van der Waals surface area contributed by atoms with Gasteiger partial charge in [0.25, 0.3) is 5.91 Å². The number of carbonyl (C=O) groups excluding carboxylic acids is 2. The molecule has 0 spiro atoms. The molecule has 0 aliphatic heterocycles. The van der Waals surface area contributed by atoms with Gasteiger partial charge in [-0.15, -0.1) is 0 Å². The summed E-state index contributed by atoms with van der Waals surface area (Å²) in [4.78, 5) is 31.1. The van der Waals surface area contributed by atoms with E-state index in [0.717, 1.165) is 41.1 Å². The lowest BCUT2D eigenvalue weighted by Crippen LogP contribution is -2.13. The first-order chi connectivity index (χ1) is 19.1. The van der Waals surface area contributed by atoms with Gasteiger partial charge >= 0.3 is 0 Å². The summed E-state index contributed by atoms with van der Waals surface area (Å²) < 4.78 is 61.9. The van der Waals surface area contributed by atoms with Gasteiger partial charge in [0, 0.05) is 22.3 Å². The first kappa shape index (κ1) is 33.0. The van der Waals surface area contributed by atoms with Crippen LogP contribution in [0, 0.1) is 23.3 Å². The number of nitrogens with zero attached hydrogens (tertiary/aromatic N) is 2. The molecule has 0 unspecified atom stereocenters. The minimum atomic E-state index is -1.28. The van der Waals surface area contributed by atoms with Crippen LogP contribution in [0.1, 0.15) is 26.3 Å². The molecular formula is C27H16BrCl2F4N3O4S. The molecule has 0 atom stereocenters. The predicted molar refractivity (Wildman–Crippen MR) is 156 cm³/mol. The molecule has 0 amide bonds. The standard InChI is InChI=1S/C27H12BrCl2F4N3O2S.2H2O/c28-12-8-14-15(11-37(26(14)35-10-12)27(39)22-16(29)2-1-3-17(22)30)25(38)23-19(33)6-7-20(24(23)34)36-40-21-9-13(31)4-5-18(21)32;;/h1-11,36H;2*1H2. The van der Waals surface area contributed by atoms with Crippen LogP contribution in [0.4, 0.5) is 23.2 Å². The molecule has 5 rings (SSSR count). The van der Waals surface area contributed by atoms with Gasteiger partial charge in [0.1, 0.15) is 23.1 Å². The molecule has 15 heteroatoms. The number of aromatic nitrogens is 2. The van der Waals surface area contributed by atoms with Gasteiger partial charge in [0.15, 0.2) is 5.82 Å². The van der Waals surface area contributed by atoms with Crippen molar-refractivity contribution in [3.63, 3.8) is 0 Å². The van der Waals surface area contributed by atoms with Gasteiger partial charge in [0.2, 0.25) is 5.78 Å². The number of rotatable bonds is 6. The van der Waals surface area contributed by atoms with E-state index in [0.29, 0.717) is 16.4 Å². The third kappa shape index (κ3) is 6.16. The highest BCUT2D eigenvalue weighted by Gasteiger charge is 2.28. The van der Waals surface area contributed by atoms with Crippen molar-refractivity contribution >= 4 is 79.5 Å². The topological polar surface area (TPSA) is 127 Å². The molecule has 3 aromatic carbocycles. The van der Waals surface area contributed by atoms with Gasteiger partial charge in [-0.1, -0.05) is 29.3 Å². The number of anilines is 1. The molecule has 0 aliphatic rings. The molecule has 0 fully saturated rings. The zero-order valence-corrected chi connectivity index (χ0v) is 24.5. The third-order valence-corrected chi connectivity index (χ3v) is 7.65. The quantitative estimate of drug-likeness (QED) is 0.115. The van der Waals surface area contributed by atoms with E-state index in [1.807, 2.05) is 0 Å². The number of fused-ring (bicyclic) bond motifs is 1. The van der Waals surface area contributed by atoms with Crippen LogP contribution in [0.15, 0.2) is 76.4 Å². The molecule has 2 aromatic heterocycles. The summed E-state index contributed by atoms with van der Waals surface area (Å²) in [5, 5.41) is 0.212. The van der Waals surface area contributed by atoms with E-state index >= 15 is 4.39 Å². The zero-order valence-electron chi connectivity index (χ0n) is 20.6. The molecule has 5 aromatic rings. The summed E-state index contributed by atoms with van der Waals surface area (Å²) in [7, 11) is 0. The van der Waals surface area contributed by atoms with Gasteiger partial charge in [-0.05, 0) is 76.4 Å². The van der Waals surface area contributed by atoms with Crippen LogP contribution in [0.2, 0.25) is 10.0 Å². The van der Waals surface area contributed by atoms with Crippen molar-refractivity contribution in [3.05, 3.63) is 121 Å². The van der Waals surface area contributed by atoms with Gasteiger partial charge < -0.3 is 15.7 Å². The summed E-state index contributed by atoms with van der Waals surface area (Å²) in [5.74, 6) is -5.77. The van der Waals surface area contributed by atoms with E-state index in [1.54, 1.807) is 6.07 Å². The maximum Gasteiger partial charge on any atom is 0.266 e. The molecule has 7 nitrogen and oxygen atoms in total. The van der Waals surface area contributed by atoms with Gasteiger partial charge in [-0.3, -0.25) is 14.2 Å². The molecule has 2 heterocycles. The Bertz CT molecular complexity index is 1840. The minimum Gasteiger partial charge on any atom is -0.412 e. The van der Waals surface area contributed by atoms with Crippen molar-refractivity contribution in [3.8, 4) is 0 Å². The first-order valence-electron chi connectivity index (χ1n) is 11.1. The van der Waals surface area contributed by atoms with Crippen molar-refractivity contribution in [2.45, 2.75) is 4.90 Å². The molecule has 42 heavy (non-hydrogen) atoms. The monoisotopic (exact) mass is 703 g/mol. The zero-order chi connectivity index (χ0) is 28.7. The maximum atomic E-state index is 15.5. The summed E-state index contributed by atoms with van der Waals surface area (Å²) in [6, 6.07) is 10.5. The Balaban J connectivity index is 0.00000242. The van der Waals surface area contributed by atoms with Gasteiger partial charge in [-0.2, -0.15) is 0 Å². The first-order valence-corrected chi connectivity index (χ1v) is 13.5. The van der Waals surface area contributed by atoms with Crippen LogP contribution in [0.25, 0.3) is 11.0 Å². The second-order valence-corrected chi connectivity index (χ2v) is 10.8. The maximum absolute atomic E-state index is 15.5. The molecule has 0 bridgehead atoms. The molecule has 0 aliphatic carbocycles. The van der Waals surface area contributed by atoms with Crippen molar-refractivity contribution in [1.82, 2.24) is 9.55 Å². The third-order valence-electron chi connectivity index (χ3n) is 5.73.